The molecule has 34 heavy (non-hydrogen) atoms. The molecule has 0 atom stereocenters. The lowest BCUT2D eigenvalue weighted by molar-refractivity contribution is -0.133. The summed E-state index contributed by atoms with van der Waals surface area (Å²) in [6.07, 6.45) is 0. The van der Waals surface area contributed by atoms with E-state index >= 15 is 0 Å². The Morgan fingerprint density at radius 2 is 1.59 bits per heavy atom. The average molecular weight is 540 g/mol. The standard InChI is InChI=1S/C25H20BrClN4O3/c1-14-6-8-20(10-15(14)2)29-24(33)25(34)30-31-21-9-7-17(26)11-16(21)12-22(31)23(32)28-19-5-3-4-18(27)13-19/h3-13H,1-2H3,(H,28,32)(H,29,33)(H,30,34). The van der Waals surface area contributed by atoms with Gasteiger partial charge in [-0.1, -0.05) is 39.7 Å². The van der Waals surface area contributed by atoms with Gasteiger partial charge in [-0.2, -0.15) is 0 Å². The van der Waals surface area contributed by atoms with Crippen LogP contribution in [0.2, 0.25) is 5.02 Å². The summed E-state index contributed by atoms with van der Waals surface area (Å²) in [5, 5.41) is 6.51. The van der Waals surface area contributed by atoms with E-state index in [2.05, 4.69) is 32.0 Å². The third-order valence-corrected chi connectivity index (χ3v) is 5.99. The molecule has 0 saturated heterocycles. The van der Waals surface area contributed by atoms with E-state index in [4.69, 9.17) is 11.6 Å². The van der Waals surface area contributed by atoms with Crippen molar-refractivity contribution in [1.82, 2.24) is 4.68 Å². The molecule has 0 radical (unpaired) electrons. The highest BCUT2D eigenvalue weighted by Crippen LogP contribution is 2.24. The first kappa shape index (κ1) is 23.5. The monoisotopic (exact) mass is 538 g/mol. The topological polar surface area (TPSA) is 92.2 Å². The summed E-state index contributed by atoms with van der Waals surface area (Å²) in [4.78, 5) is 38.4. The van der Waals surface area contributed by atoms with Crippen LogP contribution in [0.15, 0.2) is 71.2 Å². The van der Waals surface area contributed by atoms with Gasteiger partial charge < -0.3 is 10.6 Å². The van der Waals surface area contributed by atoms with Crippen LogP contribution in [-0.4, -0.2) is 22.4 Å². The maximum Gasteiger partial charge on any atom is 0.328 e. The summed E-state index contributed by atoms with van der Waals surface area (Å²) in [7, 11) is 0. The second-order valence-electron chi connectivity index (χ2n) is 7.73. The number of anilines is 2. The van der Waals surface area contributed by atoms with Crippen molar-refractivity contribution >= 4 is 67.5 Å². The molecule has 4 aromatic rings. The van der Waals surface area contributed by atoms with E-state index in [0.717, 1.165) is 15.6 Å². The average Bonchev–Trinajstić information content (AvgIpc) is 3.13. The predicted molar refractivity (Wildman–Crippen MR) is 138 cm³/mol. The second kappa shape index (κ2) is 9.70. The van der Waals surface area contributed by atoms with Gasteiger partial charge in [-0.25, -0.2) is 4.68 Å². The van der Waals surface area contributed by atoms with Crippen LogP contribution in [0.1, 0.15) is 21.6 Å². The van der Waals surface area contributed by atoms with Crippen LogP contribution in [-0.2, 0) is 9.59 Å². The summed E-state index contributed by atoms with van der Waals surface area (Å²) < 4.78 is 2.10. The SMILES string of the molecule is Cc1ccc(NC(=O)C(=O)Nn2c(C(=O)Nc3cccc(Cl)c3)cc3cc(Br)ccc32)cc1C. The zero-order valence-corrected chi connectivity index (χ0v) is 20.6. The van der Waals surface area contributed by atoms with Gasteiger partial charge >= 0.3 is 11.8 Å². The van der Waals surface area contributed by atoms with Gasteiger partial charge in [0.05, 0.1) is 5.52 Å². The molecule has 3 aromatic carbocycles. The molecule has 9 heteroatoms. The number of rotatable bonds is 4. The number of carbonyl (C=O) groups excluding carboxylic acids is 3. The molecule has 0 bridgehead atoms. The normalized spacial score (nSPS) is 10.7. The molecule has 1 aromatic heterocycles. The van der Waals surface area contributed by atoms with Gasteiger partial charge in [0.2, 0.25) is 0 Å². The molecule has 4 rings (SSSR count). The van der Waals surface area contributed by atoms with E-state index in [9.17, 15) is 14.4 Å². The van der Waals surface area contributed by atoms with Crippen molar-refractivity contribution in [2.75, 3.05) is 16.1 Å². The lowest BCUT2D eigenvalue weighted by Crippen LogP contribution is -2.36. The Hall–Kier alpha value is -3.62. The number of nitrogens with one attached hydrogen (secondary N) is 3. The molecule has 0 aliphatic heterocycles. The number of benzene rings is 3. The Kier molecular flexibility index (Phi) is 6.72. The van der Waals surface area contributed by atoms with Gasteiger partial charge in [0, 0.05) is 26.3 Å². The van der Waals surface area contributed by atoms with E-state index in [-0.39, 0.29) is 5.69 Å². The van der Waals surface area contributed by atoms with Gasteiger partial charge in [-0.15, -0.1) is 0 Å². The smallest absolute Gasteiger partial charge is 0.321 e. The minimum atomic E-state index is -0.921. The number of aryl methyl sites for hydroxylation is 2. The lowest BCUT2D eigenvalue weighted by atomic mass is 10.1. The summed E-state index contributed by atoms with van der Waals surface area (Å²) in [5.41, 5.74) is 6.28. The second-order valence-corrected chi connectivity index (χ2v) is 9.08. The molecular weight excluding hydrogens is 520 g/mol. The van der Waals surface area contributed by atoms with Gasteiger partial charge in [0.25, 0.3) is 5.91 Å². The summed E-state index contributed by atoms with van der Waals surface area (Å²) in [5.74, 6) is -2.26. The minimum Gasteiger partial charge on any atom is -0.321 e. The van der Waals surface area contributed by atoms with Crippen molar-refractivity contribution in [3.63, 3.8) is 0 Å². The highest BCUT2D eigenvalue weighted by atomic mass is 79.9. The third kappa shape index (κ3) is 5.13. The van der Waals surface area contributed by atoms with Crippen molar-refractivity contribution < 1.29 is 14.4 Å². The van der Waals surface area contributed by atoms with Crippen molar-refractivity contribution in [2.24, 2.45) is 0 Å². The Morgan fingerprint density at radius 1 is 0.824 bits per heavy atom. The van der Waals surface area contributed by atoms with Crippen molar-refractivity contribution in [2.45, 2.75) is 13.8 Å². The molecule has 0 aliphatic rings. The van der Waals surface area contributed by atoms with Crippen LogP contribution in [0.25, 0.3) is 10.9 Å². The van der Waals surface area contributed by atoms with E-state index in [0.29, 0.717) is 27.3 Å². The Morgan fingerprint density at radius 3 is 2.32 bits per heavy atom. The van der Waals surface area contributed by atoms with E-state index in [1.165, 1.54) is 4.68 Å². The van der Waals surface area contributed by atoms with Crippen molar-refractivity contribution in [3.05, 3.63) is 93.0 Å². The van der Waals surface area contributed by atoms with Crippen LogP contribution in [0, 0.1) is 13.8 Å². The highest BCUT2D eigenvalue weighted by Gasteiger charge is 2.21. The molecule has 0 fully saturated rings. The molecule has 7 nitrogen and oxygen atoms in total. The highest BCUT2D eigenvalue weighted by molar-refractivity contribution is 9.10. The van der Waals surface area contributed by atoms with Crippen molar-refractivity contribution in [1.29, 1.82) is 0 Å². The molecule has 1 heterocycles. The van der Waals surface area contributed by atoms with E-state index in [1.54, 1.807) is 54.6 Å². The molecule has 3 amide bonds. The lowest BCUT2D eigenvalue weighted by Gasteiger charge is -2.13. The maximum atomic E-state index is 13.1. The summed E-state index contributed by atoms with van der Waals surface area (Å²) in [6.45, 7) is 3.87. The first-order valence-electron chi connectivity index (χ1n) is 10.3. The number of carbonyl (C=O) groups is 3. The van der Waals surface area contributed by atoms with Crippen LogP contribution in [0.4, 0.5) is 11.4 Å². The fraction of sp³-hybridized carbons (Fsp3) is 0.0800. The molecule has 0 spiro atoms. The zero-order chi connectivity index (χ0) is 24.4. The Balaban J connectivity index is 1.62. The summed E-state index contributed by atoms with van der Waals surface area (Å²) in [6, 6.07) is 19.0. The summed E-state index contributed by atoms with van der Waals surface area (Å²) >= 11 is 9.42. The van der Waals surface area contributed by atoms with Crippen molar-refractivity contribution in [3.8, 4) is 0 Å². The molecular formula is C25H20BrClN4O3. The first-order valence-corrected chi connectivity index (χ1v) is 11.5. The van der Waals surface area contributed by atoms with Gasteiger partial charge in [-0.05, 0) is 79.6 Å². The molecule has 0 aliphatic carbocycles. The Labute approximate surface area is 209 Å². The molecule has 3 N–H and O–H groups in total. The van der Waals surface area contributed by atoms with Crippen LogP contribution >= 0.6 is 27.5 Å². The molecule has 172 valence electrons. The van der Waals surface area contributed by atoms with E-state index in [1.807, 2.05) is 26.0 Å². The number of aromatic nitrogens is 1. The van der Waals surface area contributed by atoms with Gasteiger partial charge in [0.15, 0.2) is 0 Å². The number of amides is 3. The Bertz CT molecular complexity index is 1450. The fourth-order valence-corrected chi connectivity index (χ4v) is 3.96. The number of halogens is 2. The minimum absolute atomic E-state index is 0.139. The van der Waals surface area contributed by atoms with Gasteiger partial charge in [0.1, 0.15) is 5.69 Å². The molecule has 0 saturated carbocycles. The zero-order valence-electron chi connectivity index (χ0n) is 18.3. The largest absolute Gasteiger partial charge is 0.328 e. The van der Waals surface area contributed by atoms with Crippen LogP contribution in [0.3, 0.4) is 0 Å². The number of hydrogen-bond acceptors (Lipinski definition) is 3. The maximum absolute atomic E-state index is 13.1. The predicted octanol–water partition coefficient (Wildman–Crippen LogP) is 5.64. The quantitative estimate of drug-likeness (QED) is 0.293. The van der Waals surface area contributed by atoms with Crippen LogP contribution in [0.5, 0.6) is 0 Å². The molecule has 0 unspecified atom stereocenters. The fourth-order valence-electron chi connectivity index (χ4n) is 3.39. The van der Waals surface area contributed by atoms with E-state index < -0.39 is 17.7 Å². The first-order chi connectivity index (χ1) is 16.2. The third-order valence-electron chi connectivity index (χ3n) is 5.26. The number of fused-ring (bicyclic) bond motifs is 1. The van der Waals surface area contributed by atoms with Crippen LogP contribution < -0.4 is 16.1 Å². The number of nitrogens with zero attached hydrogens (tertiary/aromatic N) is 1. The number of hydrogen-bond donors (Lipinski definition) is 3. The van der Waals surface area contributed by atoms with Gasteiger partial charge in [-0.3, -0.25) is 19.8 Å².